The summed E-state index contributed by atoms with van der Waals surface area (Å²) >= 11 is 1.81. The molecule has 0 amide bonds. The summed E-state index contributed by atoms with van der Waals surface area (Å²) in [5.41, 5.74) is 9.10. The number of hydrogen-bond acceptors (Lipinski definition) is 5. The van der Waals surface area contributed by atoms with Crippen LogP contribution in [0.1, 0.15) is 25.0 Å². The minimum Gasteiger partial charge on any atom is -0.455 e. The van der Waals surface area contributed by atoms with E-state index in [0.717, 1.165) is 44.2 Å². The Morgan fingerprint density at radius 2 is 0.984 bits per heavy atom. The van der Waals surface area contributed by atoms with Crippen molar-refractivity contribution >= 4 is 96.5 Å². The van der Waals surface area contributed by atoms with Gasteiger partial charge in [-0.25, -0.2) is 15.0 Å². The minimum atomic E-state index is -0.274. The van der Waals surface area contributed by atoms with Crippen molar-refractivity contribution in [1.82, 2.24) is 15.0 Å². The van der Waals surface area contributed by atoms with Gasteiger partial charge in [0.25, 0.3) is 0 Å². The van der Waals surface area contributed by atoms with Crippen LogP contribution >= 0.6 is 11.3 Å². The summed E-state index contributed by atoms with van der Waals surface area (Å²) < 4.78 is 9.41. The molecule has 14 rings (SSSR count). The van der Waals surface area contributed by atoms with Gasteiger partial charge in [-0.15, -0.1) is 11.3 Å². The molecule has 3 aromatic heterocycles. The topological polar surface area (TPSA) is 51.8 Å². The molecule has 5 heteroatoms. The molecule has 3 heterocycles. The van der Waals surface area contributed by atoms with Crippen LogP contribution in [0, 0.1) is 0 Å². The fourth-order valence-electron chi connectivity index (χ4n) is 10.6. The lowest BCUT2D eigenvalue weighted by atomic mass is 9.81. The van der Waals surface area contributed by atoms with Crippen molar-refractivity contribution in [3.05, 3.63) is 187 Å². The predicted octanol–water partition coefficient (Wildman–Crippen LogP) is 16.1. The normalized spacial score (nSPS) is 13.4. The van der Waals surface area contributed by atoms with Crippen molar-refractivity contribution in [3.8, 4) is 45.3 Å². The summed E-state index contributed by atoms with van der Waals surface area (Å²) in [5, 5.41) is 14.2. The molecule has 0 saturated carbocycles. The number of nitrogens with zero attached hydrogens (tertiary/aromatic N) is 3. The zero-order chi connectivity index (χ0) is 41.6. The van der Waals surface area contributed by atoms with E-state index in [1.165, 1.54) is 80.0 Å². The summed E-state index contributed by atoms with van der Waals surface area (Å²) in [4.78, 5) is 16.3. The van der Waals surface area contributed by atoms with E-state index < -0.39 is 0 Å². The van der Waals surface area contributed by atoms with Crippen molar-refractivity contribution in [2.24, 2.45) is 0 Å². The van der Waals surface area contributed by atoms with Gasteiger partial charge in [0.1, 0.15) is 11.2 Å². The number of furan rings is 1. The average molecular weight is 822 g/mol. The van der Waals surface area contributed by atoms with Gasteiger partial charge in [0.2, 0.25) is 0 Å². The van der Waals surface area contributed by atoms with Crippen LogP contribution in [0.15, 0.2) is 180 Å². The summed E-state index contributed by atoms with van der Waals surface area (Å²) in [7, 11) is 0. The number of rotatable bonds is 3. The van der Waals surface area contributed by atoms with Crippen molar-refractivity contribution in [2.45, 2.75) is 19.3 Å². The van der Waals surface area contributed by atoms with Crippen LogP contribution in [0.4, 0.5) is 0 Å². The molecule has 1 aliphatic rings. The Balaban J connectivity index is 1.08. The lowest BCUT2D eigenvalue weighted by molar-refractivity contribution is 0.653. The Morgan fingerprint density at radius 1 is 0.413 bits per heavy atom. The first-order valence-corrected chi connectivity index (χ1v) is 22.3. The van der Waals surface area contributed by atoms with Gasteiger partial charge in [-0.1, -0.05) is 147 Å². The Kier molecular flexibility index (Phi) is 7.02. The van der Waals surface area contributed by atoms with Gasteiger partial charge < -0.3 is 4.42 Å². The van der Waals surface area contributed by atoms with E-state index in [2.05, 4.69) is 184 Å². The molecule has 0 N–H and O–H groups in total. The van der Waals surface area contributed by atoms with Crippen molar-refractivity contribution in [1.29, 1.82) is 0 Å². The number of fused-ring (bicyclic) bond motifs is 17. The van der Waals surface area contributed by atoms with Crippen LogP contribution < -0.4 is 0 Å². The molecule has 63 heavy (non-hydrogen) atoms. The highest BCUT2D eigenvalue weighted by Crippen LogP contribution is 2.54. The first-order valence-electron chi connectivity index (χ1n) is 21.5. The molecule has 0 spiro atoms. The highest BCUT2D eigenvalue weighted by atomic mass is 32.1. The van der Waals surface area contributed by atoms with E-state index in [1.54, 1.807) is 0 Å². The molecule has 0 saturated heterocycles. The third-order valence-corrected chi connectivity index (χ3v) is 14.8. The third kappa shape index (κ3) is 4.94. The SMILES string of the molecule is CC1(C)c2ccccc2-c2c1cc(-c1nc(-c3ccc4sc5ccccc5c4c3)nc(-c3ccc4ccc5ccc6ccc7ccccc7c6c5c4c3)n1)c1c2oc2ccccc21. The second-order valence-corrected chi connectivity index (χ2v) is 18.6. The van der Waals surface area contributed by atoms with Crippen molar-refractivity contribution in [3.63, 3.8) is 0 Å². The number of thiophene rings is 1. The van der Waals surface area contributed by atoms with E-state index in [9.17, 15) is 0 Å². The van der Waals surface area contributed by atoms with Gasteiger partial charge in [0, 0.05) is 58.6 Å². The van der Waals surface area contributed by atoms with Crippen LogP contribution in [-0.4, -0.2) is 15.0 Å². The van der Waals surface area contributed by atoms with Gasteiger partial charge in [-0.05, 0) is 102 Å². The Hall–Kier alpha value is -7.73. The van der Waals surface area contributed by atoms with E-state index >= 15 is 0 Å². The van der Waals surface area contributed by atoms with Crippen LogP contribution in [0.5, 0.6) is 0 Å². The minimum absolute atomic E-state index is 0.274. The van der Waals surface area contributed by atoms with Gasteiger partial charge in [-0.2, -0.15) is 0 Å². The van der Waals surface area contributed by atoms with Crippen molar-refractivity contribution < 1.29 is 4.42 Å². The molecule has 0 bridgehead atoms. The van der Waals surface area contributed by atoms with Crippen LogP contribution in [0.25, 0.3) is 130 Å². The number of aromatic nitrogens is 3. The predicted molar refractivity (Wildman–Crippen MR) is 264 cm³/mol. The van der Waals surface area contributed by atoms with Gasteiger partial charge in [0.05, 0.1) is 0 Å². The molecular weight excluding hydrogens is 787 g/mol. The molecule has 1 aliphatic carbocycles. The molecule has 10 aromatic carbocycles. The molecule has 4 nitrogen and oxygen atoms in total. The van der Waals surface area contributed by atoms with Gasteiger partial charge >= 0.3 is 0 Å². The highest BCUT2D eigenvalue weighted by Gasteiger charge is 2.39. The monoisotopic (exact) mass is 821 g/mol. The van der Waals surface area contributed by atoms with Crippen LogP contribution in [0.2, 0.25) is 0 Å². The first-order chi connectivity index (χ1) is 31.0. The maximum atomic E-state index is 6.90. The maximum Gasteiger partial charge on any atom is 0.164 e. The fourth-order valence-corrected chi connectivity index (χ4v) is 11.7. The molecule has 0 aliphatic heterocycles. The molecule has 13 aromatic rings. The number of para-hydroxylation sites is 1. The molecule has 0 unspecified atom stereocenters. The summed E-state index contributed by atoms with van der Waals surface area (Å²) in [5.74, 6) is 1.87. The quantitative estimate of drug-likeness (QED) is 0.167. The van der Waals surface area contributed by atoms with Crippen LogP contribution in [0.3, 0.4) is 0 Å². The zero-order valence-electron chi connectivity index (χ0n) is 34.4. The molecule has 0 radical (unpaired) electrons. The lowest BCUT2D eigenvalue weighted by Crippen LogP contribution is -2.15. The van der Waals surface area contributed by atoms with Gasteiger partial charge in [-0.3, -0.25) is 0 Å². The highest BCUT2D eigenvalue weighted by molar-refractivity contribution is 7.25. The van der Waals surface area contributed by atoms with E-state index in [-0.39, 0.29) is 5.41 Å². The van der Waals surface area contributed by atoms with Gasteiger partial charge in [0.15, 0.2) is 17.5 Å². The molecule has 0 atom stereocenters. The Morgan fingerprint density at radius 3 is 1.79 bits per heavy atom. The fraction of sp³-hybridized carbons (Fsp3) is 0.0517. The molecule has 294 valence electrons. The Bertz CT molecular complexity index is 4130. The number of benzene rings is 10. The summed E-state index contributed by atoms with van der Waals surface area (Å²) in [6.07, 6.45) is 0. The van der Waals surface area contributed by atoms with E-state index in [4.69, 9.17) is 19.4 Å². The van der Waals surface area contributed by atoms with Crippen LogP contribution in [-0.2, 0) is 5.41 Å². The zero-order valence-corrected chi connectivity index (χ0v) is 35.2. The Labute approximate surface area is 365 Å². The third-order valence-electron chi connectivity index (χ3n) is 13.7. The standard InChI is InChI=1S/C58H35N3OS/c1-58(2)45-16-8-5-14-40(45)53-46(58)31-44(52-41-15-6-9-17-47(41)62-54(52)53)57-60-55(59-56(61-57)37-27-28-49-43(30-37)39-13-7-10-18-48(39)63-49)36-26-21-33-20-23-35-25-24-34-22-19-32-11-3-4-12-38(32)50(34)51(35)42(33)29-36/h3-31H,1-2H3. The summed E-state index contributed by atoms with van der Waals surface area (Å²) in [6.45, 7) is 4.62. The number of hydrogen-bond donors (Lipinski definition) is 0. The molecular formula is C58H35N3OS. The average Bonchev–Trinajstić information content (AvgIpc) is 3.98. The second-order valence-electron chi connectivity index (χ2n) is 17.5. The summed E-state index contributed by atoms with van der Waals surface area (Å²) in [6, 6.07) is 63.5. The second kappa shape index (κ2) is 12.7. The van der Waals surface area contributed by atoms with E-state index in [1.807, 2.05) is 17.4 Å². The molecule has 0 fully saturated rings. The lowest BCUT2D eigenvalue weighted by Gasteiger charge is -2.22. The maximum absolute atomic E-state index is 6.90. The van der Waals surface area contributed by atoms with Crippen molar-refractivity contribution in [2.75, 3.05) is 0 Å². The van der Waals surface area contributed by atoms with E-state index in [0.29, 0.717) is 17.5 Å². The largest absolute Gasteiger partial charge is 0.455 e. The smallest absolute Gasteiger partial charge is 0.164 e. The first kappa shape index (κ1) is 34.9.